The molecule has 1 aliphatic rings. The third-order valence-electron chi connectivity index (χ3n) is 5.27. The highest BCUT2D eigenvalue weighted by atomic mass is 32.2. The number of hydrogen-bond acceptors (Lipinski definition) is 3. The molecule has 1 unspecified atom stereocenters. The van der Waals surface area contributed by atoms with Crippen LogP contribution < -0.4 is 10.0 Å². The molecular formula is C22H28N2O3S. The van der Waals surface area contributed by atoms with Crippen LogP contribution in [0.2, 0.25) is 0 Å². The van der Waals surface area contributed by atoms with Crippen LogP contribution in [0.15, 0.2) is 36.4 Å². The molecule has 150 valence electrons. The molecule has 2 aromatic carbocycles. The number of fused-ring (bicyclic) bond motifs is 1. The van der Waals surface area contributed by atoms with E-state index in [1.54, 1.807) is 45.0 Å². The van der Waals surface area contributed by atoms with Gasteiger partial charge in [-0.25, -0.2) is 8.42 Å². The van der Waals surface area contributed by atoms with Crippen molar-refractivity contribution in [3.8, 4) is 0 Å². The van der Waals surface area contributed by atoms with Crippen LogP contribution >= 0.6 is 0 Å². The number of anilines is 2. The van der Waals surface area contributed by atoms with Gasteiger partial charge in [-0.3, -0.25) is 9.52 Å². The van der Waals surface area contributed by atoms with Crippen molar-refractivity contribution in [3.05, 3.63) is 58.7 Å². The van der Waals surface area contributed by atoms with Crippen LogP contribution in [0.25, 0.3) is 0 Å². The predicted molar refractivity (Wildman–Crippen MR) is 114 cm³/mol. The van der Waals surface area contributed by atoms with Gasteiger partial charge in [-0.1, -0.05) is 13.0 Å². The lowest BCUT2D eigenvalue weighted by atomic mass is 10.0. The van der Waals surface area contributed by atoms with E-state index in [9.17, 15) is 13.2 Å². The maximum absolute atomic E-state index is 12.6. The van der Waals surface area contributed by atoms with Crippen molar-refractivity contribution in [2.75, 3.05) is 10.0 Å². The molecule has 0 heterocycles. The van der Waals surface area contributed by atoms with Gasteiger partial charge in [0.2, 0.25) is 10.0 Å². The molecule has 0 aromatic heterocycles. The minimum atomic E-state index is -3.50. The summed E-state index contributed by atoms with van der Waals surface area (Å²) in [6, 6.07) is 10.5. The third kappa shape index (κ3) is 4.07. The third-order valence-corrected chi connectivity index (χ3v) is 7.39. The van der Waals surface area contributed by atoms with Gasteiger partial charge in [0.1, 0.15) is 0 Å². The number of rotatable bonds is 4. The van der Waals surface area contributed by atoms with Crippen LogP contribution in [-0.2, 0) is 22.9 Å². The van der Waals surface area contributed by atoms with Gasteiger partial charge in [-0.05, 0) is 93.5 Å². The Hall–Kier alpha value is -2.34. The number of amides is 1. The zero-order valence-corrected chi connectivity index (χ0v) is 17.9. The Balaban J connectivity index is 1.74. The van der Waals surface area contributed by atoms with Crippen LogP contribution in [0.3, 0.4) is 0 Å². The zero-order chi connectivity index (χ0) is 20.7. The highest BCUT2D eigenvalue weighted by Gasteiger charge is 2.29. The maximum atomic E-state index is 12.6. The highest BCUT2D eigenvalue weighted by Crippen LogP contribution is 2.33. The molecule has 2 aromatic rings. The molecule has 3 rings (SSSR count). The monoisotopic (exact) mass is 400 g/mol. The van der Waals surface area contributed by atoms with E-state index in [2.05, 4.69) is 30.0 Å². The summed E-state index contributed by atoms with van der Waals surface area (Å²) in [4.78, 5) is 12.6. The summed E-state index contributed by atoms with van der Waals surface area (Å²) in [5, 5.41) is 2.99. The average Bonchev–Trinajstić information content (AvgIpc) is 2.98. The molecular weight excluding hydrogens is 372 g/mol. The molecule has 0 aliphatic heterocycles. The zero-order valence-electron chi connectivity index (χ0n) is 17.1. The van der Waals surface area contributed by atoms with Gasteiger partial charge in [0.25, 0.3) is 5.91 Å². The Labute approximate surface area is 167 Å². The van der Waals surface area contributed by atoms with E-state index < -0.39 is 14.8 Å². The van der Waals surface area contributed by atoms with Crippen LogP contribution in [0, 0.1) is 12.8 Å². The Morgan fingerprint density at radius 3 is 2.29 bits per heavy atom. The first kappa shape index (κ1) is 20.4. The molecule has 0 saturated carbocycles. The smallest absolute Gasteiger partial charge is 0.255 e. The molecule has 0 fully saturated rings. The number of carbonyl (C=O) groups is 1. The van der Waals surface area contributed by atoms with Crippen LogP contribution in [0.4, 0.5) is 11.4 Å². The Kier molecular flexibility index (Phi) is 5.28. The fourth-order valence-electron chi connectivity index (χ4n) is 3.41. The van der Waals surface area contributed by atoms with Gasteiger partial charge in [-0.15, -0.1) is 0 Å². The van der Waals surface area contributed by atoms with Gasteiger partial charge >= 0.3 is 0 Å². The fourth-order valence-corrected chi connectivity index (χ4v) is 4.16. The standard InChI is InChI=1S/C22H28N2O3S/c1-14-12-17-8-11-20(15(2)19(17)13-14)23-21(25)16-6-9-18(10-7-16)24-28(26,27)22(3,4)5/h6-11,14,24H,12-13H2,1-5H3,(H,23,25). The van der Waals surface area contributed by atoms with Crippen molar-refractivity contribution in [2.45, 2.75) is 52.2 Å². The lowest BCUT2D eigenvalue weighted by Crippen LogP contribution is -2.33. The number of benzene rings is 2. The van der Waals surface area contributed by atoms with Crippen molar-refractivity contribution in [1.82, 2.24) is 0 Å². The van der Waals surface area contributed by atoms with Crippen LogP contribution in [0.5, 0.6) is 0 Å². The summed E-state index contributed by atoms with van der Waals surface area (Å²) in [5.74, 6) is 0.434. The summed E-state index contributed by atoms with van der Waals surface area (Å²) in [5.41, 5.74) is 5.59. The molecule has 5 nitrogen and oxygen atoms in total. The quantitative estimate of drug-likeness (QED) is 0.792. The summed E-state index contributed by atoms with van der Waals surface area (Å²) >= 11 is 0. The van der Waals surface area contributed by atoms with Crippen molar-refractivity contribution in [1.29, 1.82) is 0 Å². The van der Waals surface area contributed by atoms with E-state index in [-0.39, 0.29) is 5.91 Å². The topological polar surface area (TPSA) is 75.3 Å². The van der Waals surface area contributed by atoms with Crippen LogP contribution in [0.1, 0.15) is 54.7 Å². The lowest BCUT2D eigenvalue weighted by molar-refractivity contribution is 0.102. The van der Waals surface area contributed by atoms with Crippen molar-refractivity contribution < 1.29 is 13.2 Å². The van der Waals surface area contributed by atoms with E-state index in [4.69, 9.17) is 0 Å². The van der Waals surface area contributed by atoms with E-state index in [0.717, 1.165) is 24.1 Å². The SMILES string of the molecule is Cc1c(NC(=O)c2ccc(NS(=O)(=O)C(C)(C)C)cc2)ccc2c1CC(C)C2. The first-order valence-corrected chi connectivity index (χ1v) is 11.0. The first-order valence-electron chi connectivity index (χ1n) is 9.53. The fraction of sp³-hybridized carbons (Fsp3) is 0.409. The first-order chi connectivity index (χ1) is 13.0. The van der Waals surface area contributed by atoms with Gasteiger partial charge in [0, 0.05) is 16.9 Å². The van der Waals surface area contributed by atoms with E-state index in [1.165, 1.54) is 11.1 Å². The molecule has 0 radical (unpaired) electrons. The average molecular weight is 401 g/mol. The minimum Gasteiger partial charge on any atom is -0.322 e. The van der Waals surface area contributed by atoms with Gasteiger partial charge in [-0.2, -0.15) is 0 Å². The normalized spacial score (nSPS) is 16.5. The summed E-state index contributed by atoms with van der Waals surface area (Å²) < 4.78 is 26.1. The second-order valence-electron chi connectivity index (χ2n) is 8.64. The highest BCUT2D eigenvalue weighted by molar-refractivity contribution is 7.94. The van der Waals surface area contributed by atoms with E-state index >= 15 is 0 Å². The van der Waals surface area contributed by atoms with Crippen molar-refractivity contribution >= 4 is 27.3 Å². The molecule has 0 bridgehead atoms. The number of hydrogen-bond donors (Lipinski definition) is 2. The Morgan fingerprint density at radius 2 is 1.68 bits per heavy atom. The predicted octanol–water partition coefficient (Wildman–Crippen LogP) is 4.52. The molecule has 1 aliphatic carbocycles. The van der Waals surface area contributed by atoms with Crippen LogP contribution in [-0.4, -0.2) is 19.1 Å². The van der Waals surface area contributed by atoms with Gasteiger partial charge in [0.15, 0.2) is 0 Å². The molecule has 0 saturated heterocycles. The Bertz CT molecular complexity index is 1000. The van der Waals surface area contributed by atoms with Crippen molar-refractivity contribution in [2.24, 2.45) is 5.92 Å². The summed E-state index contributed by atoms with van der Waals surface area (Å²) in [7, 11) is -3.50. The van der Waals surface area contributed by atoms with E-state index in [1.807, 2.05) is 6.07 Å². The second kappa shape index (κ2) is 7.24. The summed E-state index contributed by atoms with van der Waals surface area (Å²) in [6.07, 6.45) is 2.14. The molecule has 1 atom stereocenters. The minimum absolute atomic E-state index is 0.209. The molecule has 0 spiro atoms. The van der Waals surface area contributed by atoms with Crippen molar-refractivity contribution in [3.63, 3.8) is 0 Å². The second-order valence-corrected chi connectivity index (χ2v) is 11.1. The van der Waals surface area contributed by atoms with Gasteiger partial charge < -0.3 is 5.32 Å². The van der Waals surface area contributed by atoms with E-state index in [0.29, 0.717) is 17.2 Å². The largest absolute Gasteiger partial charge is 0.322 e. The van der Waals surface area contributed by atoms with Gasteiger partial charge in [0.05, 0.1) is 4.75 Å². The lowest BCUT2D eigenvalue weighted by Gasteiger charge is -2.20. The molecule has 1 amide bonds. The number of nitrogens with one attached hydrogen (secondary N) is 2. The molecule has 6 heteroatoms. The maximum Gasteiger partial charge on any atom is 0.255 e. The number of sulfonamides is 1. The summed E-state index contributed by atoms with van der Waals surface area (Å²) in [6.45, 7) is 9.20. The number of carbonyl (C=O) groups excluding carboxylic acids is 1. The Morgan fingerprint density at radius 1 is 1.04 bits per heavy atom. The molecule has 28 heavy (non-hydrogen) atoms. The molecule has 2 N–H and O–H groups in total.